The van der Waals surface area contributed by atoms with Gasteiger partial charge in [-0.25, -0.2) is 15.4 Å². The molecule has 0 aliphatic heterocycles. The molecule has 1 aliphatic carbocycles. The van der Waals surface area contributed by atoms with Gasteiger partial charge in [0.2, 0.25) is 0 Å². The number of rotatable bonds is 5. The highest BCUT2D eigenvalue weighted by Crippen LogP contribution is 2.22. The number of hydrogen-bond donors (Lipinski definition) is 1. The van der Waals surface area contributed by atoms with E-state index < -0.39 is 0 Å². The van der Waals surface area contributed by atoms with Crippen LogP contribution in [0.2, 0.25) is 0 Å². The number of nitrogens with zero attached hydrogens (tertiary/aromatic N) is 3. The fourth-order valence-corrected chi connectivity index (χ4v) is 4.62. The van der Waals surface area contributed by atoms with Crippen molar-refractivity contribution in [3.63, 3.8) is 0 Å². The lowest BCUT2D eigenvalue weighted by Crippen LogP contribution is -2.20. The molecule has 2 aromatic carbocycles. The van der Waals surface area contributed by atoms with Gasteiger partial charge in [0.15, 0.2) is 5.16 Å². The van der Waals surface area contributed by atoms with Gasteiger partial charge in [0, 0.05) is 28.3 Å². The van der Waals surface area contributed by atoms with Crippen molar-refractivity contribution in [1.82, 2.24) is 15.4 Å². The third-order valence-electron chi connectivity index (χ3n) is 5.28. The molecule has 0 radical (unpaired) electrons. The van der Waals surface area contributed by atoms with Crippen molar-refractivity contribution < 1.29 is 4.79 Å². The molecule has 1 heterocycles. The molecule has 0 bridgehead atoms. The SMILES string of the molecule is Cc1cc(C)nc(SCc2ccc(C(=O)N/N=C3\CCCCc4ccccc43)cc2)n1. The number of aryl methyl sites for hydroxylation is 3. The summed E-state index contributed by atoms with van der Waals surface area (Å²) >= 11 is 1.60. The predicted octanol–water partition coefficient (Wildman–Crippen LogP) is 5.25. The van der Waals surface area contributed by atoms with E-state index >= 15 is 0 Å². The second kappa shape index (κ2) is 9.88. The summed E-state index contributed by atoms with van der Waals surface area (Å²) < 4.78 is 0. The van der Waals surface area contributed by atoms with Crippen LogP contribution in [0.15, 0.2) is 64.9 Å². The van der Waals surface area contributed by atoms with Crippen molar-refractivity contribution in [1.29, 1.82) is 0 Å². The topological polar surface area (TPSA) is 67.2 Å². The molecule has 0 saturated heterocycles. The van der Waals surface area contributed by atoms with Crippen LogP contribution < -0.4 is 5.43 Å². The Balaban J connectivity index is 1.39. The van der Waals surface area contributed by atoms with Crippen LogP contribution in [0.4, 0.5) is 0 Å². The summed E-state index contributed by atoms with van der Waals surface area (Å²) in [7, 11) is 0. The number of aromatic nitrogens is 2. The van der Waals surface area contributed by atoms with Crippen molar-refractivity contribution in [3.8, 4) is 0 Å². The van der Waals surface area contributed by atoms with Gasteiger partial charge in [0.05, 0.1) is 5.71 Å². The van der Waals surface area contributed by atoms with Crippen LogP contribution in [0.3, 0.4) is 0 Å². The summed E-state index contributed by atoms with van der Waals surface area (Å²) in [5.41, 5.74) is 9.84. The predicted molar refractivity (Wildman–Crippen MR) is 126 cm³/mol. The van der Waals surface area contributed by atoms with Crippen LogP contribution in [-0.4, -0.2) is 21.6 Å². The Kier molecular flexibility index (Phi) is 6.77. The number of nitrogens with one attached hydrogen (secondary N) is 1. The molecule has 158 valence electrons. The zero-order valence-electron chi connectivity index (χ0n) is 17.9. The minimum Gasteiger partial charge on any atom is -0.267 e. The number of amides is 1. The maximum absolute atomic E-state index is 12.6. The van der Waals surface area contributed by atoms with Crippen molar-refractivity contribution in [2.75, 3.05) is 0 Å². The van der Waals surface area contributed by atoms with E-state index in [4.69, 9.17) is 0 Å². The maximum Gasteiger partial charge on any atom is 0.271 e. The van der Waals surface area contributed by atoms with Crippen LogP contribution in [-0.2, 0) is 12.2 Å². The third kappa shape index (κ3) is 5.58. The monoisotopic (exact) mass is 430 g/mol. The standard InChI is InChI=1S/C25H26N4OS/c1-17-15-18(2)27-25(26-17)31-16-19-11-13-21(14-12-19)24(30)29-28-23-10-6-4-8-20-7-3-5-9-22(20)23/h3,5,7,9,11-15H,4,6,8,10,16H2,1-2H3,(H,29,30)/b28-23+. The Labute approximate surface area is 187 Å². The Morgan fingerprint density at radius 2 is 1.71 bits per heavy atom. The Morgan fingerprint density at radius 3 is 2.48 bits per heavy atom. The van der Waals surface area contributed by atoms with Gasteiger partial charge in [-0.15, -0.1) is 0 Å². The van der Waals surface area contributed by atoms with E-state index in [1.54, 1.807) is 11.8 Å². The summed E-state index contributed by atoms with van der Waals surface area (Å²) in [5.74, 6) is 0.565. The Morgan fingerprint density at radius 1 is 1.00 bits per heavy atom. The van der Waals surface area contributed by atoms with Crippen LogP contribution >= 0.6 is 11.8 Å². The Hall–Kier alpha value is -2.99. The normalized spacial score (nSPS) is 14.7. The first-order valence-electron chi connectivity index (χ1n) is 10.6. The van der Waals surface area contributed by atoms with Crippen molar-refractivity contribution in [2.45, 2.75) is 50.4 Å². The molecule has 5 nitrogen and oxygen atoms in total. The van der Waals surface area contributed by atoms with Gasteiger partial charge >= 0.3 is 0 Å². The molecule has 6 heteroatoms. The largest absolute Gasteiger partial charge is 0.271 e. The van der Waals surface area contributed by atoms with Crippen molar-refractivity contribution >= 4 is 23.4 Å². The number of hydrogen-bond acceptors (Lipinski definition) is 5. The summed E-state index contributed by atoms with van der Waals surface area (Å²) in [5, 5.41) is 5.25. The molecule has 0 saturated carbocycles. The maximum atomic E-state index is 12.6. The number of fused-ring (bicyclic) bond motifs is 1. The molecule has 3 aromatic rings. The highest BCUT2D eigenvalue weighted by atomic mass is 32.2. The smallest absolute Gasteiger partial charge is 0.267 e. The first-order chi connectivity index (χ1) is 15.1. The fraction of sp³-hybridized carbons (Fsp3) is 0.280. The van der Waals surface area contributed by atoms with E-state index in [1.165, 1.54) is 5.56 Å². The third-order valence-corrected chi connectivity index (χ3v) is 6.19. The lowest BCUT2D eigenvalue weighted by atomic mass is 10.0. The molecule has 1 amide bonds. The first kappa shape index (κ1) is 21.2. The number of carbonyl (C=O) groups is 1. The van der Waals surface area contributed by atoms with E-state index in [0.717, 1.165) is 64.8 Å². The van der Waals surface area contributed by atoms with Gasteiger partial charge in [-0.1, -0.05) is 48.2 Å². The quantitative estimate of drug-likeness (QED) is 0.260. The van der Waals surface area contributed by atoms with Crippen LogP contribution in [0.5, 0.6) is 0 Å². The summed E-state index contributed by atoms with van der Waals surface area (Å²) in [6.07, 6.45) is 4.18. The van der Waals surface area contributed by atoms with Crippen molar-refractivity contribution in [3.05, 3.63) is 88.2 Å². The molecular weight excluding hydrogens is 404 g/mol. The Bertz CT molecular complexity index is 1090. The molecule has 0 unspecified atom stereocenters. The number of benzene rings is 2. The van der Waals surface area contributed by atoms with Gasteiger partial charge in [0.1, 0.15) is 0 Å². The molecule has 4 rings (SSSR count). The van der Waals surface area contributed by atoms with Gasteiger partial charge in [-0.05, 0) is 68.9 Å². The average Bonchev–Trinajstić information content (AvgIpc) is 2.98. The molecule has 1 aliphatic rings. The highest BCUT2D eigenvalue weighted by molar-refractivity contribution is 7.98. The minimum absolute atomic E-state index is 0.189. The van der Waals surface area contributed by atoms with Crippen LogP contribution in [0.1, 0.15) is 57.7 Å². The van der Waals surface area contributed by atoms with E-state index in [9.17, 15) is 4.79 Å². The lowest BCUT2D eigenvalue weighted by Gasteiger charge is -2.08. The van der Waals surface area contributed by atoms with E-state index in [1.807, 2.05) is 50.2 Å². The minimum atomic E-state index is -0.189. The van der Waals surface area contributed by atoms with Gasteiger partial charge in [-0.2, -0.15) is 5.10 Å². The molecule has 1 N–H and O–H groups in total. The summed E-state index contributed by atoms with van der Waals surface area (Å²) in [6, 6.07) is 17.9. The number of carbonyl (C=O) groups excluding carboxylic acids is 1. The van der Waals surface area contributed by atoms with E-state index in [0.29, 0.717) is 5.56 Å². The van der Waals surface area contributed by atoms with Gasteiger partial charge in [-0.3, -0.25) is 4.79 Å². The highest BCUT2D eigenvalue weighted by Gasteiger charge is 2.14. The van der Waals surface area contributed by atoms with E-state index in [-0.39, 0.29) is 5.91 Å². The lowest BCUT2D eigenvalue weighted by molar-refractivity contribution is 0.0955. The number of thioether (sulfide) groups is 1. The van der Waals surface area contributed by atoms with Gasteiger partial charge in [0.25, 0.3) is 5.91 Å². The van der Waals surface area contributed by atoms with Crippen molar-refractivity contribution in [2.24, 2.45) is 5.10 Å². The zero-order chi connectivity index (χ0) is 21.6. The molecule has 0 spiro atoms. The summed E-state index contributed by atoms with van der Waals surface area (Å²) in [4.78, 5) is 21.5. The second-order valence-electron chi connectivity index (χ2n) is 7.78. The molecule has 0 atom stereocenters. The molecule has 1 aromatic heterocycles. The second-order valence-corrected chi connectivity index (χ2v) is 8.73. The van der Waals surface area contributed by atoms with E-state index in [2.05, 4.69) is 38.7 Å². The van der Waals surface area contributed by atoms with Gasteiger partial charge < -0.3 is 0 Å². The average molecular weight is 431 g/mol. The summed E-state index contributed by atoms with van der Waals surface area (Å²) in [6.45, 7) is 3.95. The zero-order valence-corrected chi connectivity index (χ0v) is 18.7. The molecule has 0 fully saturated rings. The molecular formula is C25H26N4OS. The molecule has 31 heavy (non-hydrogen) atoms. The number of hydrazone groups is 1. The fourth-order valence-electron chi connectivity index (χ4n) is 3.72. The van der Waals surface area contributed by atoms with Crippen LogP contribution in [0, 0.1) is 13.8 Å². The van der Waals surface area contributed by atoms with Crippen LogP contribution in [0.25, 0.3) is 0 Å². The first-order valence-corrected chi connectivity index (χ1v) is 11.6.